The van der Waals surface area contributed by atoms with Crippen LogP contribution in [0.1, 0.15) is 17.0 Å². The summed E-state index contributed by atoms with van der Waals surface area (Å²) in [5.41, 5.74) is 4.89. The van der Waals surface area contributed by atoms with Crippen LogP contribution in [0.5, 0.6) is 0 Å². The number of H-pyrrole nitrogens is 1. The number of carbonyl (C=O) groups is 2. The summed E-state index contributed by atoms with van der Waals surface area (Å²) in [7, 11) is 0. The molecular formula is C17H15N7O2. The average Bonchev–Trinajstić information content (AvgIpc) is 3.31. The van der Waals surface area contributed by atoms with Crippen LogP contribution >= 0.6 is 0 Å². The standard InChI is InChI=1S/C17H15N7O2/c1-9-7-12(8-14-16(25)19-17(26)18-14)10(2)24(9)13-5-3-11(4-6-13)15-20-22-23-21-15/h3-8H,1-2H3,(H2,18,19,25,26)(H,20,21,22,23)/b14-8-. The van der Waals surface area contributed by atoms with E-state index in [9.17, 15) is 9.59 Å². The van der Waals surface area contributed by atoms with Gasteiger partial charge in [0.25, 0.3) is 5.91 Å². The highest BCUT2D eigenvalue weighted by molar-refractivity contribution is 6.14. The summed E-state index contributed by atoms with van der Waals surface area (Å²) in [4.78, 5) is 23.0. The molecule has 1 aliphatic rings. The van der Waals surface area contributed by atoms with E-state index in [0.717, 1.165) is 28.2 Å². The Labute approximate surface area is 148 Å². The summed E-state index contributed by atoms with van der Waals surface area (Å²) in [6.07, 6.45) is 1.67. The quantitative estimate of drug-likeness (QED) is 0.489. The largest absolute Gasteiger partial charge is 0.326 e. The molecule has 26 heavy (non-hydrogen) atoms. The summed E-state index contributed by atoms with van der Waals surface area (Å²) in [5.74, 6) is 0.107. The van der Waals surface area contributed by atoms with E-state index in [1.165, 1.54) is 0 Å². The lowest BCUT2D eigenvalue weighted by Gasteiger charge is -2.10. The molecule has 0 aliphatic carbocycles. The Morgan fingerprint density at radius 3 is 2.46 bits per heavy atom. The minimum Gasteiger partial charge on any atom is -0.318 e. The maximum Gasteiger partial charge on any atom is 0.326 e. The number of aromatic amines is 1. The summed E-state index contributed by atoms with van der Waals surface area (Å²) in [6, 6.07) is 9.23. The van der Waals surface area contributed by atoms with Crippen molar-refractivity contribution in [3.05, 3.63) is 53.0 Å². The lowest BCUT2D eigenvalue weighted by molar-refractivity contribution is -0.115. The Balaban J connectivity index is 1.70. The van der Waals surface area contributed by atoms with E-state index in [2.05, 4.69) is 35.8 Å². The molecule has 1 aliphatic heterocycles. The number of carbonyl (C=O) groups excluding carboxylic acids is 2. The Kier molecular flexibility index (Phi) is 3.61. The fourth-order valence-corrected chi connectivity index (χ4v) is 3.01. The van der Waals surface area contributed by atoms with Crippen molar-refractivity contribution in [1.82, 2.24) is 35.8 Å². The molecule has 0 saturated carbocycles. The molecule has 130 valence electrons. The summed E-state index contributed by atoms with van der Waals surface area (Å²) < 4.78 is 2.07. The molecule has 1 aromatic carbocycles. The first-order valence-corrected chi connectivity index (χ1v) is 7.90. The third-order valence-corrected chi connectivity index (χ3v) is 4.22. The second-order valence-corrected chi connectivity index (χ2v) is 5.91. The number of hydrogen-bond donors (Lipinski definition) is 3. The first-order valence-electron chi connectivity index (χ1n) is 7.90. The van der Waals surface area contributed by atoms with Gasteiger partial charge in [0, 0.05) is 22.6 Å². The van der Waals surface area contributed by atoms with Crippen LogP contribution in [0.2, 0.25) is 0 Å². The molecule has 4 rings (SSSR count). The molecule has 2 aromatic heterocycles. The van der Waals surface area contributed by atoms with Crippen molar-refractivity contribution < 1.29 is 9.59 Å². The smallest absolute Gasteiger partial charge is 0.318 e. The van der Waals surface area contributed by atoms with Gasteiger partial charge in [-0.25, -0.2) is 4.79 Å². The highest BCUT2D eigenvalue weighted by atomic mass is 16.2. The fourth-order valence-electron chi connectivity index (χ4n) is 3.01. The van der Waals surface area contributed by atoms with E-state index in [0.29, 0.717) is 5.82 Å². The van der Waals surface area contributed by atoms with Crippen molar-refractivity contribution >= 4 is 18.0 Å². The van der Waals surface area contributed by atoms with Gasteiger partial charge in [-0.2, -0.15) is 5.21 Å². The van der Waals surface area contributed by atoms with Gasteiger partial charge in [0.2, 0.25) is 5.82 Å². The van der Waals surface area contributed by atoms with E-state index < -0.39 is 11.9 Å². The number of benzene rings is 1. The minimum absolute atomic E-state index is 0.239. The zero-order valence-corrected chi connectivity index (χ0v) is 14.1. The Hall–Kier alpha value is -3.75. The van der Waals surface area contributed by atoms with Crippen LogP contribution in [0.15, 0.2) is 36.0 Å². The van der Waals surface area contributed by atoms with Gasteiger partial charge in [-0.15, -0.1) is 10.2 Å². The van der Waals surface area contributed by atoms with Crippen LogP contribution < -0.4 is 10.6 Å². The number of rotatable bonds is 3. The molecule has 0 spiro atoms. The van der Waals surface area contributed by atoms with Gasteiger partial charge in [0.1, 0.15) is 5.70 Å². The van der Waals surface area contributed by atoms with Gasteiger partial charge in [0.15, 0.2) is 0 Å². The monoisotopic (exact) mass is 349 g/mol. The van der Waals surface area contributed by atoms with Gasteiger partial charge < -0.3 is 9.88 Å². The van der Waals surface area contributed by atoms with Crippen molar-refractivity contribution in [2.45, 2.75) is 13.8 Å². The van der Waals surface area contributed by atoms with E-state index >= 15 is 0 Å². The van der Waals surface area contributed by atoms with Crippen LogP contribution in [0, 0.1) is 13.8 Å². The van der Waals surface area contributed by atoms with E-state index in [-0.39, 0.29) is 5.70 Å². The number of aromatic nitrogens is 5. The Bertz CT molecular complexity index is 1030. The molecule has 0 radical (unpaired) electrons. The first kappa shape index (κ1) is 15.8. The van der Waals surface area contributed by atoms with Gasteiger partial charge in [0.05, 0.1) is 0 Å². The lowest BCUT2D eigenvalue weighted by Crippen LogP contribution is -2.22. The highest BCUT2D eigenvalue weighted by Gasteiger charge is 2.23. The molecule has 9 heteroatoms. The molecule has 3 heterocycles. The zero-order chi connectivity index (χ0) is 18.3. The first-order chi connectivity index (χ1) is 12.5. The van der Waals surface area contributed by atoms with Crippen LogP contribution in [-0.2, 0) is 4.79 Å². The number of tetrazole rings is 1. The number of nitrogens with one attached hydrogen (secondary N) is 3. The number of amides is 3. The normalized spacial score (nSPS) is 15.4. The Morgan fingerprint density at radius 2 is 1.85 bits per heavy atom. The molecule has 0 atom stereocenters. The molecule has 3 aromatic rings. The topological polar surface area (TPSA) is 118 Å². The molecule has 1 saturated heterocycles. The average molecular weight is 349 g/mol. The zero-order valence-electron chi connectivity index (χ0n) is 14.1. The number of imide groups is 1. The molecule has 1 fully saturated rings. The Morgan fingerprint density at radius 1 is 1.08 bits per heavy atom. The molecule has 0 bridgehead atoms. The number of aryl methyl sites for hydroxylation is 1. The number of urea groups is 1. The SMILES string of the molecule is Cc1cc(/C=C2\NC(=O)NC2=O)c(C)n1-c1ccc(-c2nn[nH]n2)cc1. The van der Waals surface area contributed by atoms with E-state index in [4.69, 9.17) is 0 Å². The minimum atomic E-state index is -0.507. The second-order valence-electron chi connectivity index (χ2n) is 5.91. The highest BCUT2D eigenvalue weighted by Crippen LogP contribution is 2.24. The van der Waals surface area contributed by atoms with Gasteiger partial charge in [-0.05, 0) is 61.0 Å². The van der Waals surface area contributed by atoms with Crippen LogP contribution in [0.3, 0.4) is 0 Å². The number of hydrogen-bond acceptors (Lipinski definition) is 5. The van der Waals surface area contributed by atoms with Crippen LogP contribution in [-0.4, -0.2) is 37.1 Å². The lowest BCUT2D eigenvalue weighted by atomic mass is 10.2. The second kappa shape index (κ2) is 5.96. The summed E-state index contributed by atoms with van der Waals surface area (Å²) in [6.45, 7) is 3.94. The van der Waals surface area contributed by atoms with Crippen LogP contribution in [0.25, 0.3) is 23.2 Å². The molecule has 9 nitrogen and oxygen atoms in total. The third kappa shape index (κ3) is 2.65. The third-order valence-electron chi connectivity index (χ3n) is 4.22. The van der Waals surface area contributed by atoms with Crippen molar-refractivity contribution in [2.24, 2.45) is 0 Å². The van der Waals surface area contributed by atoms with Gasteiger partial charge in [-0.3, -0.25) is 10.1 Å². The van der Waals surface area contributed by atoms with Gasteiger partial charge >= 0.3 is 6.03 Å². The van der Waals surface area contributed by atoms with E-state index in [1.807, 2.05) is 44.2 Å². The molecule has 3 amide bonds. The maximum atomic E-state index is 11.7. The summed E-state index contributed by atoms with van der Waals surface area (Å²) in [5, 5.41) is 18.6. The summed E-state index contributed by atoms with van der Waals surface area (Å²) >= 11 is 0. The predicted molar refractivity (Wildman–Crippen MR) is 93.1 cm³/mol. The van der Waals surface area contributed by atoms with Crippen molar-refractivity contribution in [1.29, 1.82) is 0 Å². The number of nitrogens with zero attached hydrogens (tertiary/aromatic N) is 4. The maximum absolute atomic E-state index is 11.7. The molecule has 0 unspecified atom stereocenters. The van der Waals surface area contributed by atoms with Crippen molar-refractivity contribution in [2.75, 3.05) is 0 Å². The molecular weight excluding hydrogens is 334 g/mol. The predicted octanol–water partition coefficient (Wildman–Crippen LogP) is 1.45. The van der Waals surface area contributed by atoms with E-state index in [1.54, 1.807) is 6.08 Å². The molecule has 3 N–H and O–H groups in total. The fraction of sp³-hybridized carbons (Fsp3) is 0.118. The van der Waals surface area contributed by atoms with Crippen molar-refractivity contribution in [3.63, 3.8) is 0 Å². The van der Waals surface area contributed by atoms with Gasteiger partial charge in [-0.1, -0.05) is 0 Å². The van der Waals surface area contributed by atoms with Crippen molar-refractivity contribution in [3.8, 4) is 17.1 Å². The van der Waals surface area contributed by atoms with Crippen LogP contribution in [0.4, 0.5) is 4.79 Å².